The summed E-state index contributed by atoms with van der Waals surface area (Å²) in [5.41, 5.74) is 1.32. The Labute approximate surface area is 90.9 Å². The molecule has 0 amide bonds. The SMILES string of the molecule is CC(C)Oc1ccc(C2CCNC2)cn1. The molecule has 0 aromatic carbocycles. The Kier molecular flexibility index (Phi) is 3.21. The van der Waals surface area contributed by atoms with Gasteiger partial charge in [0.05, 0.1) is 6.10 Å². The lowest BCUT2D eigenvalue weighted by molar-refractivity contribution is 0.232. The molecule has 1 aromatic rings. The normalized spacial score (nSPS) is 20.9. The molecule has 1 saturated heterocycles. The summed E-state index contributed by atoms with van der Waals surface area (Å²) in [6, 6.07) is 4.09. The first-order valence-electron chi connectivity index (χ1n) is 5.59. The summed E-state index contributed by atoms with van der Waals surface area (Å²) in [4.78, 5) is 4.31. The highest BCUT2D eigenvalue weighted by Crippen LogP contribution is 2.22. The number of nitrogens with one attached hydrogen (secondary N) is 1. The Morgan fingerprint density at radius 3 is 2.87 bits per heavy atom. The fraction of sp³-hybridized carbons (Fsp3) is 0.583. The fourth-order valence-corrected chi connectivity index (χ4v) is 1.88. The second-order valence-corrected chi connectivity index (χ2v) is 4.29. The summed E-state index contributed by atoms with van der Waals surface area (Å²) in [6.07, 6.45) is 3.35. The first-order valence-corrected chi connectivity index (χ1v) is 5.59. The van der Waals surface area contributed by atoms with Gasteiger partial charge in [0.2, 0.25) is 5.88 Å². The molecule has 1 aliphatic heterocycles. The second kappa shape index (κ2) is 4.62. The molecule has 0 bridgehead atoms. The largest absolute Gasteiger partial charge is 0.475 e. The van der Waals surface area contributed by atoms with Crippen LogP contribution >= 0.6 is 0 Å². The third-order valence-electron chi connectivity index (χ3n) is 2.65. The highest BCUT2D eigenvalue weighted by Gasteiger charge is 2.16. The van der Waals surface area contributed by atoms with E-state index in [1.54, 1.807) is 0 Å². The van der Waals surface area contributed by atoms with Crippen LogP contribution in [0.4, 0.5) is 0 Å². The van der Waals surface area contributed by atoms with Gasteiger partial charge in [-0.05, 0) is 38.3 Å². The minimum Gasteiger partial charge on any atom is -0.475 e. The molecule has 0 radical (unpaired) electrons. The Balaban J connectivity index is 2.03. The number of pyridine rings is 1. The minimum absolute atomic E-state index is 0.191. The molecular weight excluding hydrogens is 188 g/mol. The molecule has 0 saturated carbocycles. The van der Waals surface area contributed by atoms with Gasteiger partial charge >= 0.3 is 0 Å². The monoisotopic (exact) mass is 206 g/mol. The lowest BCUT2D eigenvalue weighted by atomic mass is 10.0. The zero-order valence-corrected chi connectivity index (χ0v) is 9.36. The van der Waals surface area contributed by atoms with Crippen LogP contribution in [0.25, 0.3) is 0 Å². The maximum absolute atomic E-state index is 5.51. The molecule has 15 heavy (non-hydrogen) atoms. The van der Waals surface area contributed by atoms with E-state index in [0.717, 1.165) is 19.0 Å². The topological polar surface area (TPSA) is 34.1 Å². The van der Waals surface area contributed by atoms with Gasteiger partial charge in [-0.15, -0.1) is 0 Å². The van der Waals surface area contributed by atoms with Crippen molar-refractivity contribution in [1.82, 2.24) is 10.3 Å². The van der Waals surface area contributed by atoms with Crippen molar-refractivity contribution in [2.24, 2.45) is 0 Å². The summed E-state index contributed by atoms with van der Waals surface area (Å²) in [6.45, 7) is 6.22. The summed E-state index contributed by atoms with van der Waals surface area (Å²) < 4.78 is 5.51. The predicted octanol–water partition coefficient (Wildman–Crippen LogP) is 1.95. The first kappa shape index (κ1) is 10.4. The molecule has 82 valence electrons. The Hall–Kier alpha value is -1.09. The molecule has 1 aromatic heterocycles. The van der Waals surface area contributed by atoms with Crippen LogP contribution in [0.1, 0.15) is 31.7 Å². The summed E-state index contributed by atoms with van der Waals surface area (Å²) in [5.74, 6) is 1.35. The van der Waals surface area contributed by atoms with Gasteiger partial charge in [-0.3, -0.25) is 0 Å². The number of nitrogens with zero attached hydrogens (tertiary/aromatic N) is 1. The van der Waals surface area contributed by atoms with E-state index in [1.165, 1.54) is 12.0 Å². The van der Waals surface area contributed by atoms with Crippen molar-refractivity contribution in [3.8, 4) is 5.88 Å². The van der Waals surface area contributed by atoms with Gasteiger partial charge in [-0.2, -0.15) is 0 Å². The highest BCUT2D eigenvalue weighted by molar-refractivity contribution is 5.22. The van der Waals surface area contributed by atoms with Gasteiger partial charge < -0.3 is 10.1 Å². The standard InChI is InChI=1S/C12H18N2O/c1-9(2)15-12-4-3-10(8-14-12)11-5-6-13-7-11/h3-4,8-9,11,13H,5-7H2,1-2H3. The van der Waals surface area contributed by atoms with E-state index in [1.807, 2.05) is 26.1 Å². The lowest BCUT2D eigenvalue weighted by Gasteiger charge is -2.11. The van der Waals surface area contributed by atoms with Gasteiger partial charge in [0, 0.05) is 18.8 Å². The van der Waals surface area contributed by atoms with Crippen molar-refractivity contribution >= 4 is 0 Å². The second-order valence-electron chi connectivity index (χ2n) is 4.29. The van der Waals surface area contributed by atoms with Crippen molar-refractivity contribution in [1.29, 1.82) is 0 Å². The average Bonchev–Trinajstić information content (AvgIpc) is 2.71. The van der Waals surface area contributed by atoms with E-state index >= 15 is 0 Å². The van der Waals surface area contributed by atoms with Crippen LogP contribution in [0.15, 0.2) is 18.3 Å². The van der Waals surface area contributed by atoms with Gasteiger partial charge in [0.1, 0.15) is 0 Å². The van der Waals surface area contributed by atoms with Gasteiger partial charge in [0.15, 0.2) is 0 Å². The number of ether oxygens (including phenoxy) is 1. The van der Waals surface area contributed by atoms with Crippen molar-refractivity contribution in [2.45, 2.75) is 32.3 Å². The molecule has 3 nitrogen and oxygen atoms in total. The summed E-state index contributed by atoms with van der Waals surface area (Å²) in [7, 11) is 0. The van der Waals surface area contributed by atoms with Gasteiger partial charge in [0.25, 0.3) is 0 Å². The third kappa shape index (κ3) is 2.69. The summed E-state index contributed by atoms with van der Waals surface area (Å²) in [5, 5.41) is 3.36. The number of aromatic nitrogens is 1. The molecule has 0 spiro atoms. The van der Waals surface area contributed by atoms with Crippen molar-refractivity contribution in [2.75, 3.05) is 13.1 Å². The Morgan fingerprint density at radius 1 is 1.47 bits per heavy atom. The van der Waals surface area contributed by atoms with Crippen LogP contribution in [0.2, 0.25) is 0 Å². The molecule has 3 heteroatoms. The van der Waals surface area contributed by atoms with E-state index in [9.17, 15) is 0 Å². The fourth-order valence-electron chi connectivity index (χ4n) is 1.88. The smallest absolute Gasteiger partial charge is 0.213 e. The molecule has 2 rings (SSSR count). The van der Waals surface area contributed by atoms with Crippen molar-refractivity contribution in [3.63, 3.8) is 0 Å². The van der Waals surface area contributed by atoms with Gasteiger partial charge in [-0.25, -0.2) is 4.98 Å². The maximum Gasteiger partial charge on any atom is 0.213 e. The van der Waals surface area contributed by atoms with Crippen molar-refractivity contribution in [3.05, 3.63) is 23.9 Å². The van der Waals surface area contributed by atoms with E-state index in [2.05, 4.69) is 16.4 Å². The average molecular weight is 206 g/mol. The molecule has 1 aliphatic rings. The van der Waals surface area contributed by atoms with Crippen LogP contribution < -0.4 is 10.1 Å². The molecule has 2 heterocycles. The molecular formula is C12H18N2O. The highest BCUT2D eigenvalue weighted by atomic mass is 16.5. The van der Waals surface area contributed by atoms with E-state index in [4.69, 9.17) is 4.74 Å². The number of hydrogen-bond donors (Lipinski definition) is 1. The lowest BCUT2D eigenvalue weighted by Crippen LogP contribution is -2.09. The van der Waals surface area contributed by atoms with Gasteiger partial charge in [-0.1, -0.05) is 6.07 Å². The minimum atomic E-state index is 0.191. The zero-order chi connectivity index (χ0) is 10.7. The maximum atomic E-state index is 5.51. The molecule has 1 atom stereocenters. The van der Waals surface area contributed by atoms with Crippen LogP contribution in [-0.2, 0) is 0 Å². The van der Waals surface area contributed by atoms with Crippen LogP contribution in [0.3, 0.4) is 0 Å². The molecule has 1 N–H and O–H groups in total. The van der Waals surface area contributed by atoms with Crippen LogP contribution in [0, 0.1) is 0 Å². The summed E-state index contributed by atoms with van der Waals surface area (Å²) >= 11 is 0. The number of hydrogen-bond acceptors (Lipinski definition) is 3. The third-order valence-corrected chi connectivity index (χ3v) is 2.65. The van der Waals surface area contributed by atoms with Crippen molar-refractivity contribution < 1.29 is 4.74 Å². The predicted molar refractivity (Wildman–Crippen MR) is 60.2 cm³/mol. The molecule has 1 unspecified atom stereocenters. The van der Waals surface area contributed by atoms with E-state index in [-0.39, 0.29) is 6.10 Å². The quantitative estimate of drug-likeness (QED) is 0.820. The van der Waals surface area contributed by atoms with E-state index < -0.39 is 0 Å². The van der Waals surface area contributed by atoms with Crippen LogP contribution in [0.5, 0.6) is 5.88 Å². The Morgan fingerprint density at radius 2 is 2.33 bits per heavy atom. The Bertz CT molecular complexity index is 302. The number of rotatable bonds is 3. The first-order chi connectivity index (χ1) is 7.25. The molecule has 1 fully saturated rings. The molecule has 0 aliphatic carbocycles. The van der Waals surface area contributed by atoms with Crippen LogP contribution in [-0.4, -0.2) is 24.2 Å². The zero-order valence-electron chi connectivity index (χ0n) is 9.36. The van der Waals surface area contributed by atoms with E-state index in [0.29, 0.717) is 5.92 Å².